The van der Waals surface area contributed by atoms with Crippen molar-refractivity contribution in [1.29, 1.82) is 0 Å². The van der Waals surface area contributed by atoms with Crippen molar-refractivity contribution in [2.45, 2.75) is 83.9 Å². The van der Waals surface area contributed by atoms with Gasteiger partial charge in [0.25, 0.3) is 0 Å². The SMILES string of the molecule is CC(C)(C)O[C@@H]1C=C(C#CCCO)C(=O)[C@H]1O[Si](C)(C)C(C)(C)C. The van der Waals surface area contributed by atoms with Gasteiger partial charge in [0.2, 0.25) is 5.78 Å². The second-order valence-electron chi connectivity index (χ2n) is 8.71. The summed E-state index contributed by atoms with van der Waals surface area (Å²) in [5.41, 5.74) is 0.0474. The fraction of sp³-hybridized carbons (Fsp3) is 0.737. The molecule has 1 N–H and O–H groups in total. The number of carbonyl (C=O) groups excluding carboxylic acids is 1. The van der Waals surface area contributed by atoms with Crippen LogP contribution in [0.5, 0.6) is 0 Å². The van der Waals surface area contributed by atoms with Gasteiger partial charge in [-0.2, -0.15) is 0 Å². The van der Waals surface area contributed by atoms with Crippen molar-refractivity contribution in [1.82, 2.24) is 0 Å². The quantitative estimate of drug-likeness (QED) is 0.622. The Morgan fingerprint density at radius 3 is 2.25 bits per heavy atom. The summed E-state index contributed by atoms with van der Waals surface area (Å²) in [5, 5.41) is 8.86. The minimum absolute atomic E-state index is 0.00484. The average molecular weight is 353 g/mol. The number of hydrogen-bond acceptors (Lipinski definition) is 4. The molecule has 5 heteroatoms. The zero-order chi connectivity index (χ0) is 18.8. The number of rotatable bonds is 4. The third-order valence-corrected chi connectivity index (χ3v) is 8.79. The Balaban J connectivity index is 3.08. The molecule has 2 atom stereocenters. The molecule has 136 valence electrons. The lowest BCUT2D eigenvalue weighted by Gasteiger charge is -2.40. The van der Waals surface area contributed by atoms with Crippen LogP contribution >= 0.6 is 0 Å². The van der Waals surface area contributed by atoms with Crippen molar-refractivity contribution in [3.63, 3.8) is 0 Å². The van der Waals surface area contributed by atoms with Crippen molar-refractivity contribution in [3.8, 4) is 11.8 Å². The molecule has 0 heterocycles. The number of ketones is 1. The molecule has 24 heavy (non-hydrogen) atoms. The van der Waals surface area contributed by atoms with E-state index in [4.69, 9.17) is 14.3 Å². The smallest absolute Gasteiger partial charge is 0.201 e. The number of Topliss-reactive ketones (excluding diaryl/α,β-unsaturated/α-hetero) is 1. The fourth-order valence-corrected chi connectivity index (χ4v) is 3.30. The molecular formula is C19H32O4Si. The van der Waals surface area contributed by atoms with Crippen LogP contribution in [0.4, 0.5) is 0 Å². The van der Waals surface area contributed by atoms with E-state index in [1.54, 1.807) is 6.08 Å². The molecule has 1 rings (SSSR count). The minimum Gasteiger partial charge on any atom is -0.404 e. The van der Waals surface area contributed by atoms with Crippen molar-refractivity contribution in [2.75, 3.05) is 6.61 Å². The maximum atomic E-state index is 12.8. The van der Waals surface area contributed by atoms with E-state index >= 15 is 0 Å². The van der Waals surface area contributed by atoms with Gasteiger partial charge in [-0.05, 0) is 45.0 Å². The summed E-state index contributed by atoms with van der Waals surface area (Å²) in [4.78, 5) is 12.8. The topological polar surface area (TPSA) is 55.8 Å². The van der Waals surface area contributed by atoms with E-state index in [2.05, 4.69) is 45.7 Å². The molecule has 0 bridgehead atoms. The van der Waals surface area contributed by atoms with Gasteiger partial charge in [-0.3, -0.25) is 4.79 Å². The van der Waals surface area contributed by atoms with E-state index in [1.807, 2.05) is 20.8 Å². The molecule has 0 amide bonds. The first-order chi connectivity index (χ1) is 10.8. The fourth-order valence-electron chi connectivity index (χ4n) is 2.07. The molecule has 0 aliphatic heterocycles. The van der Waals surface area contributed by atoms with Crippen LogP contribution in [0.15, 0.2) is 11.6 Å². The maximum Gasteiger partial charge on any atom is 0.201 e. The first kappa shape index (κ1) is 21.1. The molecule has 0 unspecified atom stereocenters. The lowest BCUT2D eigenvalue weighted by Crippen LogP contribution is -2.49. The highest BCUT2D eigenvalue weighted by atomic mass is 28.4. The average Bonchev–Trinajstić information content (AvgIpc) is 2.64. The summed E-state index contributed by atoms with van der Waals surface area (Å²) in [5.74, 6) is 5.56. The number of ether oxygens (including phenoxy) is 1. The highest BCUT2D eigenvalue weighted by Crippen LogP contribution is 2.39. The van der Waals surface area contributed by atoms with Gasteiger partial charge in [0, 0.05) is 6.42 Å². The standard InChI is InChI=1S/C19H32O4Si/c1-18(2,3)22-15-13-14(11-9-10-12-20)16(21)17(15)23-24(7,8)19(4,5)6/h13,15,17,20H,10,12H2,1-8H3/t15-,17+/m1/s1. The summed E-state index contributed by atoms with van der Waals surface area (Å²) in [7, 11) is -2.12. The molecule has 0 saturated heterocycles. The molecule has 4 nitrogen and oxygen atoms in total. The number of aliphatic hydroxyl groups excluding tert-OH is 1. The number of aliphatic hydroxyl groups is 1. The Labute approximate surface area is 147 Å². The Bertz CT molecular complexity index is 553. The molecule has 0 saturated carbocycles. The van der Waals surface area contributed by atoms with Crippen LogP contribution < -0.4 is 0 Å². The van der Waals surface area contributed by atoms with Crippen LogP contribution in [-0.2, 0) is 14.0 Å². The van der Waals surface area contributed by atoms with E-state index in [1.165, 1.54) is 0 Å². The summed E-state index contributed by atoms with van der Waals surface area (Å²) in [6, 6.07) is 0. The molecule has 0 fully saturated rings. The van der Waals surface area contributed by atoms with E-state index in [9.17, 15) is 4.79 Å². The second-order valence-corrected chi connectivity index (χ2v) is 13.5. The van der Waals surface area contributed by atoms with E-state index < -0.39 is 20.5 Å². The van der Waals surface area contributed by atoms with Crippen molar-refractivity contribution in [2.24, 2.45) is 0 Å². The Hall–Kier alpha value is -0.933. The number of carbonyl (C=O) groups is 1. The predicted molar refractivity (Wildman–Crippen MR) is 99.3 cm³/mol. The maximum absolute atomic E-state index is 12.8. The monoisotopic (exact) mass is 352 g/mol. The first-order valence-electron chi connectivity index (χ1n) is 8.50. The summed E-state index contributed by atoms with van der Waals surface area (Å²) in [6.45, 7) is 16.6. The molecule has 0 aromatic carbocycles. The van der Waals surface area contributed by atoms with Gasteiger partial charge in [-0.15, -0.1) is 0 Å². The molecule has 1 aliphatic rings. The number of hydrogen-bond donors (Lipinski definition) is 1. The van der Waals surface area contributed by atoms with Gasteiger partial charge >= 0.3 is 0 Å². The highest BCUT2D eigenvalue weighted by molar-refractivity contribution is 6.74. The van der Waals surface area contributed by atoms with Crippen LogP contribution in [0.2, 0.25) is 18.1 Å². The van der Waals surface area contributed by atoms with Crippen molar-refractivity contribution >= 4 is 14.1 Å². The van der Waals surface area contributed by atoms with Gasteiger partial charge in [0.1, 0.15) is 12.2 Å². The van der Waals surface area contributed by atoms with E-state index in [-0.39, 0.29) is 23.0 Å². The molecule has 0 spiro atoms. The summed E-state index contributed by atoms with van der Waals surface area (Å²) >= 11 is 0. The Morgan fingerprint density at radius 2 is 1.79 bits per heavy atom. The predicted octanol–water partition coefficient (Wildman–Crippen LogP) is 3.46. The van der Waals surface area contributed by atoms with Crippen LogP contribution in [0.1, 0.15) is 48.0 Å². The minimum atomic E-state index is -2.12. The largest absolute Gasteiger partial charge is 0.404 e. The van der Waals surface area contributed by atoms with Crippen LogP contribution in [0.3, 0.4) is 0 Å². The highest BCUT2D eigenvalue weighted by Gasteiger charge is 2.46. The van der Waals surface area contributed by atoms with Gasteiger partial charge in [-0.1, -0.05) is 32.6 Å². The third-order valence-electron chi connectivity index (χ3n) is 4.33. The van der Waals surface area contributed by atoms with Crippen LogP contribution in [0.25, 0.3) is 0 Å². The van der Waals surface area contributed by atoms with E-state index in [0.29, 0.717) is 12.0 Å². The molecule has 0 radical (unpaired) electrons. The normalized spacial score (nSPS) is 22.2. The van der Waals surface area contributed by atoms with Gasteiger partial charge in [-0.25, -0.2) is 0 Å². The Kier molecular flexibility index (Phi) is 6.62. The zero-order valence-electron chi connectivity index (χ0n) is 16.3. The Morgan fingerprint density at radius 1 is 1.21 bits per heavy atom. The van der Waals surface area contributed by atoms with Gasteiger partial charge in [0.05, 0.1) is 17.8 Å². The van der Waals surface area contributed by atoms with Crippen LogP contribution in [0, 0.1) is 11.8 Å². The molecular weight excluding hydrogens is 320 g/mol. The molecule has 1 aliphatic carbocycles. The van der Waals surface area contributed by atoms with Gasteiger partial charge in [0.15, 0.2) is 8.32 Å². The van der Waals surface area contributed by atoms with Crippen molar-refractivity contribution < 1.29 is 19.1 Å². The lowest BCUT2D eigenvalue weighted by molar-refractivity contribution is -0.131. The molecule has 0 aromatic rings. The lowest BCUT2D eigenvalue weighted by atomic mass is 10.1. The van der Waals surface area contributed by atoms with Crippen molar-refractivity contribution in [3.05, 3.63) is 11.6 Å². The molecule has 0 aromatic heterocycles. The summed E-state index contributed by atoms with van der Waals surface area (Å²) in [6.07, 6.45) is 1.06. The van der Waals surface area contributed by atoms with Crippen LogP contribution in [-0.4, -0.2) is 43.6 Å². The zero-order valence-corrected chi connectivity index (χ0v) is 17.3. The van der Waals surface area contributed by atoms with E-state index in [0.717, 1.165) is 0 Å². The second kappa shape index (κ2) is 7.53. The third kappa shape index (κ3) is 5.56. The van der Waals surface area contributed by atoms with Gasteiger partial charge < -0.3 is 14.3 Å². The summed E-state index contributed by atoms with van der Waals surface area (Å²) < 4.78 is 12.4. The first-order valence-corrected chi connectivity index (χ1v) is 11.4.